The molecule has 1 unspecified atom stereocenters. The average molecular weight is 334 g/mol. The lowest BCUT2D eigenvalue weighted by molar-refractivity contribution is 0.193. The van der Waals surface area contributed by atoms with Crippen molar-refractivity contribution in [1.29, 1.82) is 0 Å². The number of benzene rings is 2. The first-order valence-electron chi connectivity index (χ1n) is 8.63. The number of aromatic nitrogens is 2. The van der Waals surface area contributed by atoms with Crippen molar-refractivity contribution < 1.29 is 5.11 Å². The maximum absolute atomic E-state index is 10.7. The van der Waals surface area contributed by atoms with Crippen molar-refractivity contribution >= 4 is 16.6 Å². The minimum Gasteiger partial charge on any atom is -0.387 e. The summed E-state index contributed by atoms with van der Waals surface area (Å²) < 4.78 is 0. The van der Waals surface area contributed by atoms with E-state index >= 15 is 0 Å². The lowest BCUT2D eigenvalue weighted by Gasteiger charge is -2.26. The Balaban J connectivity index is 1.55. The van der Waals surface area contributed by atoms with Crippen LogP contribution in [0.2, 0.25) is 0 Å². The Morgan fingerprint density at radius 3 is 2.92 bits per heavy atom. The third-order valence-corrected chi connectivity index (χ3v) is 4.84. The molecule has 2 aromatic carbocycles. The molecule has 2 N–H and O–H groups in total. The molecule has 1 atom stereocenters. The van der Waals surface area contributed by atoms with Gasteiger partial charge in [0.15, 0.2) is 0 Å². The van der Waals surface area contributed by atoms with Gasteiger partial charge in [-0.15, -0.1) is 0 Å². The van der Waals surface area contributed by atoms with Crippen molar-refractivity contribution in [3.05, 3.63) is 65.6 Å². The van der Waals surface area contributed by atoms with Gasteiger partial charge in [-0.1, -0.05) is 42.5 Å². The Bertz CT molecular complexity index is 891. The maximum atomic E-state index is 10.7. The van der Waals surface area contributed by atoms with Crippen LogP contribution in [0.5, 0.6) is 0 Å². The van der Waals surface area contributed by atoms with Gasteiger partial charge in [-0.3, -0.25) is 0 Å². The lowest BCUT2D eigenvalue weighted by atomic mass is 10.0. The van der Waals surface area contributed by atoms with Crippen molar-refractivity contribution in [3.8, 4) is 0 Å². The predicted molar refractivity (Wildman–Crippen MR) is 99.5 cm³/mol. The van der Waals surface area contributed by atoms with Gasteiger partial charge in [0.1, 0.15) is 12.1 Å². The molecule has 0 radical (unpaired) electrons. The molecule has 2 heterocycles. The van der Waals surface area contributed by atoms with Crippen molar-refractivity contribution in [3.63, 3.8) is 0 Å². The summed E-state index contributed by atoms with van der Waals surface area (Å²) in [6.45, 7) is 2.27. The first-order chi connectivity index (χ1) is 12.2. The fourth-order valence-corrected chi connectivity index (χ4v) is 3.47. The number of fused-ring (bicyclic) bond motifs is 2. The van der Waals surface area contributed by atoms with E-state index in [2.05, 4.69) is 45.4 Å². The Hall–Kier alpha value is -2.50. The highest BCUT2D eigenvalue weighted by Gasteiger charge is 2.19. The number of likely N-dealkylation sites (N-methyl/N-ethyl adjacent to an activating group) is 1. The van der Waals surface area contributed by atoms with Crippen LogP contribution in [0, 0.1) is 0 Å². The highest BCUT2D eigenvalue weighted by molar-refractivity contribution is 5.86. The quantitative estimate of drug-likeness (QED) is 0.768. The van der Waals surface area contributed by atoms with E-state index in [-0.39, 0.29) is 0 Å². The Morgan fingerprint density at radius 2 is 2.00 bits per heavy atom. The molecular formula is C20H22N4O. The van der Waals surface area contributed by atoms with Gasteiger partial charge >= 0.3 is 0 Å². The first kappa shape index (κ1) is 16.0. The molecule has 3 aromatic rings. The van der Waals surface area contributed by atoms with Gasteiger partial charge in [0.05, 0.1) is 11.8 Å². The summed E-state index contributed by atoms with van der Waals surface area (Å²) in [7, 11) is 2.10. The van der Waals surface area contributed by atoms with E-state index in [1.165, 1.54) is 0 Å². The molecule has 1 aliphatic rings. The van der Waals surface area contributed by atoms with Crippen LogP contribution in [0.3, 0.4) is 0 Å². The van der Waals surface area contributed by atoms with Crippen LogP contribution in [0.4, 0.5) is 5.82 Å². The normalized spacial score (nSPS) is 15.8. The fourth-order valence-electron chi connectivity index (χ4n) is 3.47. The van der Waals surface area contributed by atoms with E-state index in [0.29, 0.717) is 6.54 Å². The zero-order valence-electron chi connectivity index (χ0n) is 14.3. The van der Waals surface area contributed by atoms with Gasteiger partial charge in [-0.2, -0.15) is 0 Å². The van der Waals surface area contributed by atoms with Crippen LogP contribution in [0.1, 0.15) is 22.9 Å². The van der Waals surface area contributed by atoms with Gasteiger partial charge in [0.2, 0.25) is 0 Å². The van der Waals surface area contributed by atoms with E-state index in [1.54, 1.807) is 6.33 Å². The minimum atomic E-state index is -0.599. The Labute approximate surface area is 147 Å². The first-order valence-corrected chi connectivity index (χ1v) is 8.63. The van der Waals surface area contributed by atoms with Crippen LogP contribution < -0.4 is 5.32 Å². The van der Waals surface area contributed by atoms with E-state index in [9.17, 15) is 5.11 Å². The molecule has 0 amide bonds. The summed E-state index contributed by atoms with van der Waals surface area (Å²) in [5.41, 5.74) is 3.18. The van der Waals surface area contributed by atoms with Gasteiger partial charge in [0.25, 0.3) is 0 Å². The molecule has 5 nitrogen and oxygen atoms in total. The predicted octanol–water partition coefficient (Wildman–Crippen LogP) is 2.76. The van der Waals surface area contributed by atoms with Crippen LogP contribution in [-0.4, -0.2) is 40.1 Å². The van der Waals surface area contributed by atoms with E-state index in [1.807, 2.05) is 24.3 Å². The topological polar surface area (TPSA) is 61.3 Å². The molecule has 4 rings (SSSR count). The summed E-state index contributed by atoms with van der Waals surface area (Å²) in [4.78, 5) is 11.1. The number of nitrogens with zero attached hydrogens (tertiary/aromatic N) is 3. The molecule has 5 heteroatoms. The second kappa shape index (κ2) is 6.78. The smallest absolute Gasteiger partial charge is 0.134 e. The van der Waals surface area contributed by atoms with Crippen molar-refractivity contribution in [2.75, 3.05) is 25.5 Å². The second-order valence-electron chi connectivity index (χ2n) is 6.60. The van der Waals surface area contributed by atoms with Crippen LogP contribution in [0.15, 0.2) is 48.8 Å². The molecule has 0 saturated carbocycles. The average Bonchev–Trinajstić information content (AvgIpc) is 2.65. The van der Waals surface area contributed by atoms with Crippen LogP contribution in [0.25, 0.3) is 10.8 Å². The summed E-state index contributed by atoms with van der Waals surface area (Å²) >= 11 is 0. The number of anilines is 1. The molecule has 25 heavy (non-hydrogen) atoms. The van der Waals surface area contributed by atoms with Gasteiger partial charge in [-0.05, 0) is 23.4 Å². The van der Waals surface area contributed by atoms with Crippen LogP contribution >= 0.6 is 0 Å². The third-order valence-electron chi connectivity index (χ3n) is 4.84. The standard InChI is InChI=1S/C20H22N4O/c1-24-10-9-18-17(12-24)20(23-13-22-18)21-11-19(25)16-8-4-6-14-5-2-3-7-15(14)16/h2-8,13,19,25H,9-12H2,1H3,(H,21,22,23). The molecule has 1 aromatic heterocycles. The summed E-state index contributed by atoms with van der Waals surface area (Å²) in [5.74, 6) is 0.829. The van der Waals surface area contributed by atoms with Crippen molar-refractivity contribution in [2.24, 2.45) is 0 Å². The van der Waals surface area contributed by atoms with Gasteiger partial charge < -0.3 is 15.3 Å². The van der Waals surface area contributed by atoms with Crippen LogP contribution in [-0.2, 0) is 13.0 Å². The summed E-state index contributed by atoms with van der Waals surface area (Å²) in [6.07, 6.45) is 1.95. The molecule has 128 valence electrons. The SMILES string of the molecule is CN1CCc2ncnc(NCC(O)c3cccc4ccccc34)c2C1. The molecule has 0 bridgehead atoms. The fraction of sp³-hybridized carbons (Fsp3) is 0.300. The number of aliphatic hydroxyl groups excluding tert-OH is 1. The molecule has 0 fully saturated rings. The van der Waals surface area contributed by atoms with Crippen molar-refractivity contribution in [2.45, 2.75) is 19.1 Å². The van der Waals surface area contributed by atoms with E-state index < -0.39 is 6.10 Å². The van der Waals surface area contributed by atoms with E-state index in [4.69, 9.17) is 0 Å². The highest BCUT2D eigenvalue weighted by atomic mass is 16.3. The lowest BCUT2D eigenvalue weighted by Crippen LogP contribution is -2.29. The number of hydrogen-bond acceptors (Lipinski definition) is 5. The number of hydrogen-bond donors (Lipinski definition) is 2. The number of nitrogens with one attached hydrogen (secondary N) is 1. The Kier molecular flexibility index (Phi) is 4.34. The minimum absolute atomic E-state index is 0.418. The molecule has 0 saturated heterocycles. The number of rotatable bonds is 4. The maximum Gasteiger partial charge on any atom is 0.134 e. The molecular weight excluding hydrogens is 312 g/mol. The molecule has 0 spiro atoms. The summed E-state index contributed by atoms with van der Waals surface area (Å²) in [5, 5.41) is 16.3. The van der Waals surface area contributed by atoms with E-state index in [0.717, 1.165) is 52.9 Å². The monoisotopic (exact) mass is 334 g/mol. The third kappa shape index (κ3) is 3.21. The molecule has 1 aliphatic heterocycles. The largest absolute Gasteiger partial charge is 0.387 e. The highest BCUT2D eigenvalue weighted by Crippen LogP contribution is 2.26. The molecule has 0 aliphatic carbocycles. The zero-order chi connectivity index (χ0) is 17.2. The van der Waals surface area contributed by atoms with Gasteiger partial charge in [0, 0.05) is 31.6 Å². The Morgan fingerprint density at radius 1 is 1.16 bits per heavy atom. The zero-order valence-corrected chi connectivity index (χ0v) is 14.3. The number of aliphatic hydroxyl groups is 1. The van der Waals surface area contributed by atoms with Gasteiger partial charge in [-0.25, -0.2) is 9.97 Å². The summed E-state index contributed by atoms with van der Waals surface area (Å²) in [6, 6.07) is 14.2. The van der Waals surface area contributed by atoms with Crippen molar-refractivity contribution in [1.82, 2.24) is 14.9 Å². The second-order valence-corrected chi connectivity index (χ2v) is 6.60.